The number of nitrogens with zero attached hydrogens (tertiary/aromatic N) is 1. The van der Waals surface area contributed by atoms with Gasteiger partial charge in [-0.3, -0.25) is 9.59 Å². The number of piperidine rings is 1. The van der Waals surface area contributed by atoms with Crippen molar-refractivity contribution in [3.05, 3.63) is 65.7 Å². The number of ether oxygens (including phenoxy) is 1. The molecule has 0 aliphatic carbocycles. The van der Waals surface area contributed by atoms with Gasteiger partial charge in [-0.1, -0.05) is 42.5 Å². The summed E-state index contributed by atoms with van der Waals surface area (Å²) in [6.07, 6.45) is 3.39. The fourth-order valence-electron chi connectivity index (χ4n) is 4.44. The lowest BCUT2D eigenvalue weighted by atomic mass is 10.00. The number of carbonyl (C=O) groups is 2. The third-order valence-corrected chi connectivity index (χ3v) is 6.62. The SMILES string of the molecule is COc1cccc(CNC[C@H](O)[C@H](Cc2ccccc2)NC(=O)[C@H](N)CCC(=O)N2CCCCC2)c1. The molecule has 0 saturated carbocycles. The molecular weight excluding hydrogens is 456 g/mol. The number of aliphatic hydroxyl groups excluding tert-OH is 1. The maximum absolute atomic E-state index is 12.9. The standard InChI is InChI=1S/C28H40N4O4/c1-36-23-12-8-11-22(17-23)19-30-20-26(33)25(18-21-9-4-2-5-10-21)31-28(35)24(29)13-14-27(34)32-15-6-3-7-16-32/h2,4-5,8-12,17,24-26,30,33H,3,6-7,13-16,18-20,29H2,1H3,(H,31,35)/t24-,25+,26+/m1/s1. The summed E-state index contributed by atoms with van der Waals surface area (Å²) in [6, 6.07) is 16.1. The van der Waals surface area contributed by atoms with Crippen LogP contribution in [0.15, 0.2) is 54.6 Å². The Morgan fingerprint density at radius 2 is 1.78 bits per heavy atom. The van der Waals surface area contributed by atoms with Gasteiger partial charge in [-0.15, -0.1) is 0 Å². The fraction of sp³-hybridized carbons (Fsp3) is 0.500. The van der Waals surface area contributed by atoms with Crippen LogP contribution in [-0.4, -0.2) is 66.8 Å². The van der Waals surface area contributed by atoms with Crippen LogP contribution in [0.1, 0.15) is 43.2 Å². The maximum atomic E-state index is 12.9. The van der Waals surface area contributed by atoms with Crippen LogP contribution in [0.5, 0.6) is 5.75 Å². The van der Waals surface area contributed by atoms with E-state index in [1.807, 2.05) is 59.5 Å². The molecule has 196 valence electrons. The first-order valence-electron chi connectivity index (χ1n) is 12.9. The molecule has 2 amide bonds. The number of methoxy groups -OCH3 is 1. The highest BCUT2D eigenvalue weighted by molar-refractivity contribution is 5.83. The van der Waals surface area contributed by atoms with Crippen LogP contribution in [0.25, 0.3) is 0 Å². The second-order valence-electron chi connectivity index (χ2n) is 9.44. The van der Waals surface area contributed by atoms with E-state index in [1.165, 1.54) is 0 Å². The Balaban J connectivity index is 1.53. The first-order chi connectivity index (χ1) is 17.5. The molecule has 5 N–H and O–H groups in total. The second-order valence-corrected chi connectivity index (χ2v) is 9.44. The molecule has 0 spiro atoms. The number of hydrogen-bond donors (Lipinski definition) is 4. The van der Waals surface area contributed by atoms with Crippen molar-refractivity contribution in [2.75, 3.05) is 26.7 Å². The molecular formula is C28H40N4O4. The van der Waals surface area contributed by atoms with Crippen LogP contribution in [-0.2, 0) is 22.6 Å². The molecule has 1 saturated heterocycles. The summed E-state index contributed by atoms with van der Waals surface area (Å²) in [6.45, 7) is 2.42. The van der Waals surface area contributed by atoms with E-state index in [0.717, 1.165) is 49.2 Å². The van der Waals surface area contributed by atoms with Gasteiger partial charge in [-0.05, 0) is 55.4 Å². The Kier molecular flexibility index (Phi) is 11.2. The summed E-state index contributed by atoms with van der Waals surface area (Å²) >= 11 is 0. The number of carbonyl (C=O) groups excluding carboxylic acids is 2. The third kappa shape index (κ3) is 8.93. The molecule has 1 fully saturated rings. The zero-order valence-electron chi connectivity index (χ0n) is 21.2. The van der Waals surface area contributed by atoms with Gasteiger partial charge in [0.25, 0.3) is 0 Å². The summed E-state index contributed by atoms with van der Waals surface area (Å²) in [5.74, 6) is 0.478. The Bertz CT molecular complexity index is 950. The third-order valence-electron chi connectivity index (χ3n) is 6.62. The van der Waals surface area contributed by atoms with Gasteiger partial charge in [-0.25, -0.2) is 0 Å². The number of rotatable bonds is 13. The highest BCUT2D eigenvalue weighted by atomic mass is 16.5. The van der Waals surface area contributed by atoms with Crippen LogP contribution < -0.4 is 21.1 Å². The van der Waals surface area contributed by atoms with Crippen molar-refractivity contribution in [1.82, 2.24) is 15.5 Å². The molecule has 8 nitrogen and oxygen atoms in total. The van der Waals surface area contributed by atoms with Crippen molar-refractivity contribution in [2.45, 2.75) is 63.3 Å². The minimum Gasteiger partial charge on any atom is -0.497 e. The highest BCUT2D eigenvalue weighted by Crippen LogP contribution is 2.13. The number of amides is 2. The van der Waals surface area contributed by atoms with Crippen LogP contribution in [0.4, 0.5) is 0 Å². The average molecular weight is 497 g/mol. The molecule has 2 aromatic rings. The van der Waals surface area contributed by atoms with Crippen LogP contribution >= 0.6 is 0 Å². The maximum Gasteiger partial charge on any atom is 0.237 e. The summed E-state index contributed by atoms with van der Waals surface area (Å²) < 4.78 is 5.26. The Morgan fingerprint density at radius 1 is 1.06 bits per heavy atom. The fourth-order valence-corrected chi connectivity index (χ4v) is 4.44. The van der Waals surface area contributed by atoms with E-state index in [0.29, 0.717) is 13.0 Å². The van der Waals surface area contributed by atoms with E-state index in [9.17, 15) is 14.7 Å². The van der Waals surface area contributed by atoms with Gasteiger partial charge in [0.2, 0.25) is 11.8 Å². The van der Waals surface area contributed by atoms with Gasteiger partial charge >= 0.3 is 0 Å². The minimum absolute atomic E-state index is 0.0561. The first kappa shape index (κ1) is 27.6. The lowest BCUT2D eigenvalue weighted by Gasteiger charge is -2.28. The predicted octanol–water partition coefficient (Wildman–Crippen LogP) is 1.99. The molecule has 0 bridgehead atoms. The van der Waals surface area contributed by atoms with E-state index in [-0.39, 0.29) is 31.2 Å². The number of hydrogen-bond acceptors (Lipinski definition) is 6. The molecule has 0 radical (unpaired) electrons. The Labute approximate surface area is 214 Å². The molecule has 3 rings (SSSR count). The number of nitrogens with two attached hydrogens (primary N) is 1. The number of benzene rings is 2. The largest absolute Gasteiger partial charge is 0.497 e. The second kappa shape index (κ2) is 14.6. The Hall–Kier alpha value is -2.94. The van der Waals surface area contributed by atoms with Gasteiger partial charge in [0, 0.05) is 32.6 Å². The molecule has 1 aliphatic rings. The van der Waals surface area contributed by atoms with Gasteiger partial charge in [0.05, 0.1) is 25.3 Å². The summed E-state index contributed by atoms with van der Waals surface area (Å²) in [7, 11) is 1.63. The normalized spacial score (nSPS) is 16.1. The topological polar surface area (TPSA) is 117 Å². The van der Waals surface area contributed by atoms with Crippen LogP contribution in [0, 0.1) is 0 Å². The molecule has 0 aromatic heterocycles. The van der Waals surface area contributed by atoms with E-state index in [1.54, 1.807) is 7.11 Å². The molecule has 8 heteroatoms. The van der Waals surface area contributed by atoms with E-state index >= 15 is 0 Å². The lowest BCUT2D eigenvalue weighted by molar-refractivity contribution is -0.132. The van der Waals surface area contributed by atoms with Crippen molar-refractivity contribution in [2.24, 2.45) is 5.73 Å². The predicted molar refractivity (Wildman–Crippen MR) is 140 cm³/mol. The highest BCUT2D eigenvalue weighted by Gasteiger charge is 2.25. The van der Waals surface area contributed by atoms with Gasteiger partial charge in [-0.2, -0.15) is 0 Å². The number of aliphatic hydroxyl groups is 1. The molecule has 3 atom stereocenters. The van der Waals surface area contributed by atoms with Crippen LogP contribution in [0.3, 0.4) is 0 Å². The molecule has 36 heavy (non-hydrogen) atoms. The number of nitrogens with one attached hydrogen (secondary N) is 2. The smallest absolute Gasteiger partial charge is 0.237 e. The monoisotopic (exact) mass is 496 g/mol. The number of likely N-dealkylation sites (tertiary alicyclic amines) is 1. The van der Waals surface area contributed by atoms with Crippen molar-refractivity contribution in [3.8, 4) is 5.75 Å². The van der Waals surface area contributed by atoms with Crippen molar-refractivity contribution in [1.29, 1.82) is 0 Å². The molecule has 0 unspecified atom stereocenters. The first-order valence-corrected chi connectivity index (χ1v) is 12.9. The quantitative estimate of drug-likeness (QED) is 0.337. The van der Waals surface area contributed by atoms with Gasteiger partial charge in [0.15, 0.2) is 0 Å². The zero-order chi connectivity index (χ0) is 25.8. The summed E-state index contributed by atoms with van der Waals surface area (Å²) in [5.41, 5.74) is 8.18. The summed E-state index contributed by atoms with van der Waals surface area (Å²) in [4.78, 5) is 27.2. The van der Waals surface area contributed by atoms with Crippen molar-refractivity contribution < 1.29 is 19.4 Å². The van der Waals surface area contributed by atoms with Crippen molar-refractivity contribution in [3.63, 3.8) is 0 Å². The van der Waals surface area contributed by atoms with E-state index in [2.05, 4.69) is 10.6 Å². The Morgan fingerprint density at radius 3 is 2.50 bits per heavy atom. The lowest BCUT2D eigenvalue weighted by Crippen LogP contribution is -2.53. The summed E-state index contributed by atoms with van der Waals surface area (Å²) in [5, 5.41) is 17.2. The van der Waals surface area contributed by atoms with E-state index in [4.69, 9.17) is 10.5 Å². The van der Waals surface area contributed by atoms with Gasteiger partial charge < -0.3 is 31.1 Å². The van der Waals surface area contributed by atoms with E-state index < -0.39 is 18.2 Å². The average Bonchev–Trinajstić information content (AvgIpc) is 2.92. The van der Waals surface area contributed by atoms with Crippen LogP contribution in [0.2, 0.25) is 0 Å². The zero-order valence-corrected chi connectivity index (χ0v) is 21.2. The molecule has 2 aromatic carbocycles. The minimum atomic E-state index is -0.832. The molecule has 1 heterocycles. The van der Waals surface area contributed by atoms with Gasteiger partial charge in [0.1, 0.15) is 5.75 Å². The molecule has 1 aliphatic heterocycles. The van der Waals surface area contributed by atoms with Crippen molar-refractivity contribution >= 4 is 11.8 Å².